The van der Waals surface area contributed by atoms with Crippen LogP contribution in [0.15, 0.2) is 59.4 Å². The monoisotopic (exact) mass is 311 g/mol. The van der Waals surface area contributed by atoms with Crippen LogP contribution < -0.4 is 4.74 Å². The Morgan fingerprint density at radius 1 is 1.14 bits per heavy atom. The SMILES string of the molecule is O=C(O)c1ccc(COc2ccccc2-c2cscn2)cc1. The number of nitrogens with zero attached hydrogens (tertiary/aromatic N) is 1. The number of carbonyl (C=O) groups is 1. The van der Waals surface area contributed by atoms with Crippen molar-refractivity contribution in [3.8, 4) is 17.0 Å². The number of hydrogen-bond acceptors (Lipinski definition) is 4. The highest BCUT2D eigenvalue weighted by molar-refractivity contribution is 7.07. The molecule has 1 N–H and O–H groups in total. The zero-order valence-corrected chi connectivity index (χ0v) is 12.4. The normalized spacial score (nSPS) is 10.4. The number of hydrogen-bond donors (Lipinski definition) is 1. The number of rotatable bonds is 5. The zero-order valence-electron chi connectivity index (χ0n) is 11.6. The topological polar surface area (TPSA) is 59.4 Å². The summed E-state index contributed by atoms with van der Waals surface area (Å²) in [5, 5.41) is 10.9. The number of para-hydroxylation sites is 1. The van der Waals surface area contributed by atoms with Gasteiger partial charge < -0.3 is 9.84 Å². The molecule has 0 fully saturated rings. The molecule has 0 atom stereocenters. The van der Waals surface area contributed by atoms with Crippen LogP contribution in [0.1, 0.15) is 15.9 Å². The summed E-state index contributed by atoms with van der Waals surface area (Å²) in [4.78, 5) is 15.1. The highest BCUT2D eigenvalue weighted by Gasteiger charge is 2.08. The van der Waals surface area contributed by atoms with Crippen molar-refractivity contribution >= 4 is 17.3 Å². The number of thiazole rings is 1. The third-order valence-electron chi connectivity index (χ3n) is 3.19. The molecule has 0 spiro atoms. The van der Waals surface area contributed by atoms with Crippen molar-refractivity contribution in [1.82, 2.24) is 4.98 Å². The maximum Gasteiger partial charge on any atom is 0.335 e. The predicted octanol–water partition coefficient (Wildman–Crippen LogP) is 4.09. The van der Waals surface area contributed by atoms with Gasteiger partial charge in [-0.3, -0.25) is 0 Å². The molecule has 0 bridgehead atoms. The number of carboxylic acids is 1. The second kappa shape index (κ2) is 6.41. The highest BCUT2D eigenvalue weighted by Crippen LogP contribution is 2.29. The van der Waals surface area contributed by atoms with Gasteiger partial charge in [0, 0.05) is 10.9 Å². The molecule has 110 valence electrons. The van der Waals surface area contributed by atoms with Crippen LogP contribution in [0, 0.1) is 0 Å². The van der Waals surface area contributed by atoms with E-state index in [2.05, 4.69) is 4.98 Å². The third kappa shape index (κ3) is 3.15. The summed E-state index contributed by atoms with van der Waals surface area (Å²) >= 11 is 1.54. The Labute approximate surface area is 131 Å². The van der Waals surface area contributed by atoms with Gasteiger partial charge in [0.1, 0.15) is 12.4 Å². The van der Waals surface area contributed by atoms with Gasteiger partial charge in [0.15, 0.2) is 0 Å². The fourth-order valence-electron chi connectivity index (χ4n) is 2.05. The maximum absolute atomic E-state index is 10.8. The van der Waals surface area contributed by atoms with Crippen LogP contribution in [0.5, 0.6) is 5.75 Å². The van der Waals surface area contributed by atoms with E-state index in [0.717, 1.165) is 22.6 Å². The van der Waals surface area contributed by atoms with Crippen molar-refractivity contribution in [2.24, 2.45) is 0 Å². The lowest BCUT2D eigenvalue weighted by molar-refractivity contribution is 0.0697. The Bertz CT molecular complexity index is 767. The lowest BCUT2D eigenvalue weighted by atomic mass is 10.1. The highest BCUT2D eigenvalue weighted by atomic mass is 32.1. The zero-order chi connectivity index (χ0) is 15.4. The molecule has 0 unspecified atom stereocenters. The average molecular weight is 311 g/mol. The van der Waals surface area contributed by atoms with Crippen LogP contribution >= 0.6 is 11.3 Å². The Kier molecular flexibility index (Phi) is 4.16. The van der Waals surface area contributed by atoms with Crippen molar-refractivity contribution in [3.05, 3.63) is 70.5 Å². The molecule has 0 aliphatic rings. The molecule has 0 saturated heterocycles. The average Bonchev–Trinajstić information content (AvgIpc) is 3.08. The molecule has 0 saturated carbocycles. The molecule has 4 nitrogen and oxygen atoms in total. The van der Waals surface area contributed by atoms with Crippen molar-refractivity contribution in [2.45, 2.75) is 6.61 Å². The summed E-state index contributed by atoms with van der Waals surface area (Å²) in [7, 11) is 0. The second-order valence-electron chi connectivity index (χ2n) is 4.66. The van der Waals surface area contributed by atoms with Crippen LogP contribution in [0.3, 0.4) is 0 Å². The molecule has 1 aromatic heterocycles. The Balaban J connectivity index is 1.76. The molecule has 3 rings (SSSR count). The number of benzene rings is 2. The molecular formula is C17H13NO3S. The van der Waals surface area contributed by atoms with Crippen LogP contribution in [-0.2, 0) is 6.61 Å². The van der Waals surface area contributed by atoms with E-state index in [9.17, 15) is 4.79 Å². The van der Waals surface area contributed by atoms with Crippen LogP contribution in [-0.4, -0.2) is 16.1 Å². The van der Waals surface area contributed by atoms with Crippen LogP contribution in [0.2, 0.25) is 0 Å². The lowest BCUT2D eigenvalue weighted by Crippen LogP contribution is -1.99. The minimum atomic E-state index is -0.929. The van der Waals surface area contributed by atoms with Gasteiger partial charge in [0.05, 0.1) is 16.8 Å². The quantitative estimate of drug-likeness (QED) is 0.771. The molecule has 0 radical (unpaired) electrons. The summed E-state index contributed by atoms with van der Waals surface area (Å²) in [6.07, 6.45) is 0. The first kappa shape index (κ1) is 14.3. The van der Waals surface area contributed by atoms with Gasteiger partial charge in [-0.05, 0) is 29.8 Å². The van der Waals surface area contributed by atoms with Crippen molar-refractivity contribution in [3.63, 3.8) is 0 Å². The van der Waals surface area contributed by atoms with Crippen LogP contribution in [0.25, 0.3) is 11.3 Å². The van der Waals surface area contributed by atoms with E-state index >= 15 is 0 Å². The van der Waals surface area contributed by atoms with Gasteiger partial charge in [-0.2, -0.15) is 0 Å². The molecule has 22 heavy (non-hydrogen) atoms. The van der Waals surface area contributed by atoms with Crippen molar-refractivity contribution in [2.75, 3.05) is 0 Å². The van der Waals surface area contributed by atoms with E-state index < -0.39 is 5.97 Å². The van der Waals surface area contributed by atoms with Crippen molar-refractivity contribution in [1.29, 1.82) is 0 Å². The number of aromatic nitrogens is 1. The van der Waals surface area contributed by atoms with E-state index in [4.69, 9.17) is 9.84 Å². The van der Waals surface area contributed by atoms with Crippen molar-refractivity contribution < 1.29 is 14.6 Å². The van der Waals surface area contributed by atoms with Gasteiger partial charge >= 0.3 is 5.97 Å². The molecule has 3 aromatic rings. The van der Waals surface area contributed by atoms with Crippen LogP contribution in [0.4, 0.5) is 0 Å². The number of ether oxygens (including phenoxy) is 1. The molecule has 1 heterocycles. The number of aromatic carboxylic acids is 1. The summed E-state index contributed by atoms with van der Waals surface area (Å²) in [5.41, 5.74) is 4.81. The lowest BCUT2D eigenvalue weighted by Gasteiger charge is -2.10. The fraction of sp³-hybridized carbons (Fsp3) is 0.0588. The molecule has 0 aliphatic carbocycles. The third-order valence-corrected chi connectivity index (χ3v) is 3.78. The van der Waals surface area contributed by atoms with Gasteiger partial charge in [-0.25, -0.2) is 9.78 Å². The first-order chi connectivity index (χ1) is 10.7. The summed E-state index contributed by atoms with van der Waals surface area (Å²) in [5.74, 6) is -0.169. The van der Waals surface area contributed by atoms with Gasteiger partial charge in [0.25, 0.3) is 0 Å². The van der Waals surface area contributed by atoms with Gasteiger partial charge in [-0.15, -0.1) is 11.3 Å². The molecule has 5 heteroatoms. The summed E-state index contributed by atoms with van der Waals surface area (Å²) in [6, 6.07) is 14.4. The maximum atomic E-state index is 10.8. The molecule has 2 aromatic carbocycles. The second-order valence-corrected chi connectivity index (χ2v) is 5.38. The standard InChI is InChI=1S/C17H13NO3S/c19-17(20)13-7-5-12(6-8-13)9-21-16-4-2-1-3-14(16)15-10-22-11-18-15/h1-8,10-11H,9H2,(H,19,20). The first-order valence-electron chi connectivity index (χ1n) is 6.66. The van der Waals surface area contributed by atoms with E-state index in [1.807, 2.05) is 29.6 Å². The Hall–Kier alpha value is -2.66. The van der Waals surface area contributed by atoms with E-state index in [0.29, 0.717) is 6.61 Å². The minimum absolute atomic E-state index is 0.270. The largest absolute Gasteiger partial charge is 0.488 e. The fourth-order valence-corrected chi connectivity index (χ4v) is 2.61. The Morgan fingerprint density at radius 2 is 1.91 bits per heavy atom. The molecular weight excluding hydrogens is 298 g/mol. The first-order valence-corrected chi connectivity index (χ1v) is 7.61. The minimum Gasteiger partial charge on any atom is -0.488 e. The Morgan fingerprint density at radius 3 is 2.59 bits per heavy atom. The van der Waals surface area contributed by atoms with Gasteiger partial charge in [0.2, 0.25) is 0 Å². The van der Waals surface area contributed by atoms with E-state index in [1.165, 1.54) is 11.3 Å². The smallest absolute Gasteiger partial charge is 0.335 e. The molecule has 0 aliphatic heterocycles. The van der Waals surface area contributed by atoms with E-state index in [1.54, 1.807) is 29.8 Å². The van der Waals surface area contributed by atoms with Gasteiger partial charge in [-0.1, -0.05) is 24.3 Å². The number of carboxylic acid groups (broad SMARTS) is 1. The summed E-state index contributed by atoms with van der Waals surface area (Å²) < 4.78 is 5.86. The van der Waals surface area contributed by atoms with E-state index in [-0.39, 0.29) is 5.56 Å². The predicted molar refractivity (Wildman–Crippen MR) is 85.3 cm³/mol. The summed E-state index contributed by atoms with van der Waals surface area (Å²) in [6.45, 7) is 0.376. The molecule has 0 amide bonds.